The van der Waals surface area contributed by atoms with E-state index in [0.29, 0.717) is 0 Å². The maximum atomic E-state index is 11.9. The van der Waals surface area contributed by atoms with Crippen molar-refractivity contribution >= 4 is 12.0 Å². The summed E-state index contributed by atoms with van der Waals surface area (Å²) in [5, 5.41) is 12.7. The molecular weight excluding hydrogens is 266 g/mol. The highest BCUT2D eigenvalue weighted by atomic mass is 16.5. The van der Waals surface area contributed by atoms with E-state index in [9.17, 15) is 9.90 Å². The summed E-state index contributed by atoms with van der Waals surface area (Å²) in [6.07, 6.45) is 7.61. The summed E-state index contributed by atoms with van der Waals surface area (Å²) in [6.45, 7) is 0.739. The number of aliphatic hydroxyl groups is 1. The highest BCUT2D eigenvalue weighted by Crippen LogP contribution is 2.26. The van der Waals surface area contributed by atoms with Gasteiger partial charge in [0.05, 0.1) is 18.8 Å². The minimum absolute atomic E-state index is 0.107. The molecule has 0 aromatic heterocycles. The van der Waals surface area contributed by atoms with Gasteiger partial charge in [0, 0.05) is 12.5 Å². The number of hydrogen-bond donors (Lipinski definition) is 2. The van der Waals surface area contributed by atoms with Crippen molar-refractivity contribution in [2.24, 2.45) is 0 Å². The SMILES string of the molecule is O=C(/C=C/c1ccc2c(c1)CCO2)N[C@H]1CCCC[C@@H]1O. The number of aliphatic hydroxyl groups excluding tert-OH is 1. The van der Waals surface area contributed by atoms with Gasteiger partial charge in [-0.1, -0.05) is 18.9 Å². The summed E-state index contributed by atoms with van der Waals surface area (Å²) in [4.78, 5) is 11.9. The van der Waals surface area contributed by atoms with Crippen LogP contribution in [0, 0.1) is 0 Å². The number of benzene rings is 1. The van der Waals surface area contributed by atoms with Crippen molar-refractivity contribution in [1.82, 2.24) is 5.32 Å². The van der Waals surface area contributed by atoms with E-state index in [1.807, 2.05) is 18.2 Å². The molecule has 0 spiro atoms. The summed E-state index contributed by atoms with van der Waals surface area (Å²) in [6, 6.07) is 5.85. The Bertz CT molecular complexity index is 553. The molecule has 4 nitrogen and oxygen atoms in total. The molecule has 0 unspecified atom stereocenters. The maximum absolute atomic E-state index is 11.9. The first-order chi connectivity index (χ1) is 10.2. The Kier molecular flexibility index (Phi) is 4.25. The van der Waals surface area contributed by atoms with Gasteiger partial charge in [-0.05, 0) is 42.2 Å². The summed E-state index contributed by atoms with van der Waals surface area (Å²) in [7, 11) is 0. The fourth-order valence-corrected chi connectivity index (χ4v) is 2.99. The van der Waals surface area contributed by atoms with E-state index >= 15 is 0 Å². The lowest BCUT2D eigenvalue weighted by Gasteiger charge is -2.27. The fourth-order valence-electron chi connectivity index (χ4n) is 2.99. The molecule has 0 radical (unpaired) electrons. The minimum atomic E-state index is -0.409. The topological polar surface area (TPSA) is 58.6 Å². The lowest BCUT2D eigenvalue weighted by atomic mass is 9.92. The van der Waals surface area contributed by atoms with Gasteiger partial charge < -0.3 is 15.2 Å². The number of ether oxygens (including phenoxy) is 1. The quantitative estimate of drug-likeness (QED) is 0.837. The van der Waals surface area contributed by atoms with Gasteiger partial charge in [-0.15, -0.1) is 0 Å². The van der Waals surface area contributed by atoms with Gasteiger partial charge >= 0.3 is 0 Å². The number of hydrogen-bond acceptors (Lipinski definition) is 3. The van der Waals surface area contributed by atoms with E-state index in [0.717, 1.165) is 50.0 Å². The maximum Gasteiger partial charge on any atom is 0.244 e. The Hall–Kier alpha value is -1.81. The molecule has 1 aliphatic heterocycles. The van der Waals surface area contributed by atoms with Crippen molar-refractivity contribution in [3.05, 3.63) is 35.4 Å². The molecule has 1 heterocycles. The van der Waals surface area contributed by atoms with E-state index in [2.05, 4.69) is 11.4 Å². The standard InChI is InChI=1S/C17H21NO3/c19-15-4-2-1-3-14(15)18-17(20)8-6-12-5-7-16-13(11-12)9-10-21-16/h5-8,11,14-15,19H,1-4,9-10H2,(H,18,20)/b8-6+/t14-,15-/m0/s1. The monoisotopic (exact) mass is 287 g/mol. The van der Waals surface area contributed by atoms with Gasteiger partial charge in [-0.25, -0.2) is 0 Å². The van der Waals surface area contributed by atoms with Crippen molar-refractivity contribution in [3.8, 4) is 5.75 Å². The van der Waals surface area contributed by atoms with Gasteiger partial charge in [0.25, 0.3) is 0 Å². The van der Waals surface area contributed by atoms with Crippen LogP contribution in [-0.2, 0) is 11.2 Å². The van der Waals surface area contributed by atoms with E-state index < -0.39 is 6.10 Å². The summed E-state index contributed by atoms with van der Waals surface area (Å²) < 4.78 is 5.46. The average molecular weight is 287 g/mol. The first-order valence-electron chi connectivity index (χ1n) is 7.65. The molecule has 0 saturated heterocycles. The number of rotatable bonds is 3. The largest absolute Gasteiger partial charge is 0.493 e. The van der Waals surface area contributed by atoms with Crippen LogP contribution in [0.15, 0.2) is 24.3 Å². The number of carbonyl (C=O) groups is 1. The van der Waals surface area contributed by atoms with E-state index in [1.165, 1.54) is 5.56 Å². The van der Waals surface area contributed by atoms with Crippen LogP contribution in [0.2, 0.25) is 0 Å². The van der Waals surface area contributed by atoms with Crippen LogP contribution in [-0.4, -0.2) is 29.8 Å². The summed E-state index contributed by atoms with van der Waals surface area (Å²) in [5.41, 5.74) is 2.19. The van der Waals surface area contributed by atoms with E-state index in [-0.39, 0.29) is 11.9 Å². The van der Waals surface area contributed by atoms with Crippen LogP contribution in [0.5, 0.6) is 5.75 Å². The molecule has 1 aromatic carbocycles. The van der Waals surface area contributed by atoms with Crippen molar-refractivity contribution in [1.29, 1.82) is 0 Å². The lowest BCUT2D eigenvalue weighted by molar-refractivity contribution is -0.118. The number of carbonyl (C=O) groups excluding carboxylic acids is 1. The Morgan fingerprint density at radius 3 is 3.05 bits per heavy atom. The summed E-state index contributed by atoms with van der Waals surface area (Å²) >= 11 is 0. The summed E-state index contributed by atoms with van der Waals surface area (Å²) in [5.74, 6) is 0.805. The molecule has 2 aliphatic rings. The molecule has 1 aliphatic carbocycles. The normalized spacial score (nSPS) is 24.6. The van der Waals surface area contributed by atoms with Gasteiger partial charge in [0.1, 0.15) is 5.75 Å². The lowest BCUT2D eigenvalue weighted by Crippen LogP contribution is -2.44. The molecule has 3 rings (SSSR count). The second-order valence-electron chi connectivity index (χ2n) is 5.77. The highest BCUT2D eigenvalue weighted by molar-refractivity contribution is 5.92. The Balaban J connectivity index is 1.59. The third kappa shape index (κ3) is 3.45. The van der Waals surface area contributed by atoms with E-state index in [4.69, 9.17) is 4.74 Å². The zero-order valence-electron chi connectivity index (χ0n) is 12.0. The van der Waals surface area contributed by atoms with Crippen molar-refractivity contribution in [2.45, 2.75) is 44.2 Å². The Labute approximate surface area is 124 Å². The zero-order valence-corrected chi connectivity index (χ0v) is 12.0. The third-order valence-electron chi connectivity index (χ3n) is 4.20. The van der Waals surface area contributed by atoms with Gasteiger partial charge in [0.2, 0.25) is 5.91 Å². The van der Waals surface area contributed by atoms with Crippen LogP contribution in [0.4, 0.5) is 0 Å². The molecular formula is C17H21NO3. The van der Waals surface area contributed by atoms with E-state index in [1.54, 1.807) is 6.08 Å². The first-order valence-corrected chi connectivity index (χ1v) is 7.65. The molecule has 1 aromatic rings. The molecule has 1 amide bonds. The second-order valence-corrected chi connectivity index (χ2v) is 5.77. The van der Waals surface area contributed by atoms with Crippen LogP contribution in [0.1, 0.15) is 36.8 Å². The fraction of sp³-hybridized carbons (Fsp3) is 0.471. The predicted molar refractivity (Wildman–Crippen MR) is 81.1 cm³/mol. The van der Waals surface area contributed by atoms with Crippen molar-refractivity contribution < 1.29 is 14.6 Å². The molecule has 2 atom stereocenters. The predicted octanol–water partition coefficient (Wildman–Crippen LogP) is 2.05. The smallest absolute Gasteiger partial charge is 0.244 e. The number of amides is 1. The molecule has 0 bridgehead atoms. The third-order valence-corrected chi connectivity index (χ3v) is 4.20. The zero-order chi connectivity index (χ0) is 14.7. The highest BCUT2D eigenvalue weighted by Gasteiger charge is 2.23. The van der Waals surface area contributed by atoms with Gasteiger partial charge in [0.15, 0.2) is 0 Å². The van der Waals surface area contributed by atoms with Gasteiger partial charge in [-0.3, -0.25) is 4.79 Å². The molecule has 112 valence electrons. The van der Waals surface area contributed by atoms with Crippen LogP contribution >= 0.6 is 0 Å². The second kappa shape index (κ2) is 6.31. The molecule has 4 heteroatoms. The van der Waals surface area contributed by atoms with Gasteiger partial charge in [-0.2, -0.15) is 0 Å². The Morgan fingerprint density at radius 2 is 2.19 bits per heavy atom. The van der Waals surface area contributed by atoms with Crippen LogP contribution in [0.3, 0.4) is 0 Å². The average Bonchev–Trinajstić information content (AvgIpc) is 2.95. The van der Waals surface area contributed by atoms with Crippen LogP contribution in [0.25, 0.3) is 6.08 Å². The number of nitrogens with one attached hydrogen (secondary N) is 1. The van der Waals surface area contributed by atoms with Crippen LogP contribution < -0.4 is 10.1 Å². The number of fused-ring (bicyclic) bond motifs is 1. The molecule has 21 heavy (non-hydrogen) atoms. The first kappa shape index (κ1) is 14.1. The molecule has 1 saturated carbocycles. The minimum Gasteiger partial charge on any atom is -0.493 e. The molecule has 2 N–H and O–H groups in total. The van der Waals surface area contributed by atoms with Crippen molar-refractivity contribution in [3.63, 3.8) is 0 Å². The Morgan fingerprint density at radius 1 is 1.33 bits per heavy atom. The molecule has 1 fully saturated rings. The van der Waals surface area contributed by atoms with Crippen molar-refractivity contribution in [2.75, 3.05) is 6.61 Å².